The molecule has 0 saturated carbocycles. The second kappa shape index (κ2) is 7.58. The Balaban J connectivity index is 1.82. The highest BCUT2D eigenvalue weighted by Gasteiger charge is 2.34. The molecule has 0 fully saturated rings. The highest BCUT2D eigenvalue weighted by Crippen LogP contribution is 2.31. The average molecular weight is 513 g/mol. The van der Waals surface area contributed by atoms with Crippen molar-refractivity contribution in [1.29, 1.82) is 0 Å². The van der Waals surface area contributed by atoms with Gasteiger partial charge in [0.25, 0.3) is 0 Å². The van der Waals surface area contributed by atoms with Crippen LogP contribution in [-0.4, -0.2) is 19.5 Å². The second-order valence-electron chi connectivity index (χ2n) is 5.45. The number of alkyl halides is 3. The summed E-state index contributed by atoms with van der Waals surface area (Å²) in [6, 6.07) is 4.07. The van der Waals surface area contributed by atoms with E-state index in [1.807, 2.05) is 22.6 Å². The van der Waals surface area contributed by atoms with E-state index in [-0.39, 0.29) is 29.2 Å². The Morgan fingerprint density at radius 1 is 1.26 bits per heavy atom. The summed E-state index contributed by atoms with van der Waals surface area (Å²) in [6.45, 7) is -0.00505. The molecule has 0 radical (unpaired) electrons. The van der Waals surface area contributed by atoms with Crippen LogP contribution in [-0.2, 0) is 19.8 Å². The predicted octanol–water partition coefficient (Wildman–Crippen LogP) is 4.87. The molecule has 0 spiro atoms. The van der Waals surface area contributed by atoms with Crippen molar-refractivity contribution in [2.45, 2.75) is 12.8 Å². The third kappa shape index (κ3) is 4.49. The summed E-state index contributed by atoms with van der Waals surface area (Å²) in [7, 11) is 1.37. The van der Waals surface area contributed by atoms with Crippen LogP contribution >= 0.6 is 34.2 Å². The van der Waals surface area contributed by atoms with Gasteiger partial charge >= 0.3 is 6.18 Å². The minimum atomic E-state index is -4.60. The summed E-state index contributed by atoms with van der Waals surface area (Å²) in [6.07, 6.45) is -2.31. The van der Waals surface area contributed by atoms with E-state index in [0.717, 1.165) is 10.8 Å². The molecule has 11 heteroatoms. The first-order valence-electron chi connectivity index (χ1n) is 7.35. The number of nitrogens with zero attached hydrogens (tertiary/aromatic N) is 4. The first-order valence-corrected chi connectivity index (χ1v) is 8.81. The van der Waals surface area contributed by atoms with Gasteiger partial charge in [-0.25, -0.2) is 14.4 Å². The molecule has 0 N–H and O–H groups in total. The number of imidazole rings is 1. The number of halogens is 6. The maximum Gasteiger partial charge on any atom is 0.434 e. The van der Waals surface area contributed by atoms with E-state index in [4.69, 9.17) is 16.3 Å². The molecule has 3 rings (SSSR count). The zero-order chi connectivity index (χ0) is 19.8. The van der Waals surface area contributed by atoms with E-state index in [0.29, 0.717) is 9.13 Å². The second-order valence-corrected chi connectivity index (χ2v) is 6.95. The highest BCUT2D eigenvalue weighted by atomic mass is 127. The van der Waals surface area contributed by atoms with Gasteiger partial charge in [-0.3, -0.25) is 0 Å². The first kappa shape index (κ1) is 19.8. The van der Waals surface area contributed by atoms with Crippen LogP contribution < -0.4 is 4.74 Å². The molecule has 0 aliphatic heterocycles. The fraction of sp³-hybridized carbons (Fsp3) is 0.188. The zero-order valence-corrected chi connectivity index (χ0v) is 16.5. The third-order valence-electron chi connectivity index (χ3n) is 3.50. The highest BCUT2D eigenvalue weighted by molar-refractivity contribution is 14.1. The minimum absolute atomic E-state index is 0.00505. The van der Waals surface area contributed by atoms with Gasteiger partial charge in [-0.2, -0.15) is 18.2 Å². The Morgan fingerprint density at radius 2 is 2.00 bits per heavy atom. The van der Waals surface area contributed by atoms with Crippen LogP contribution in [0.4, 0.5) is 17.6 Å². The predicted molar refractivity (Wildman–Crippen MR) is 97.7 cm³/mol. The monoisotopic (exact) mass is 512 g/mol. The number of hydrogen-bond donors (Lipinski definition) is 0. The van der Waals surface area contributed by atoms with E-state index in [1.54, 1.807) is 0 Å². The van der Waals surface area contributed by atoms with Gasteiger partial charge in [0, 0.05) is 19.4 Å². The molecule has 3 aromatic rings. The van der Waals surface area contributed by atoms with Crippen molar-refractivity contribution in [2.75, 3.05) is 0 Å². The molecule has 1 aromatic carbocycles. The van der Waals surface area contributed by atoms with Crippen molar-refractivity contribution >= 4 is 34.2 Å². The lowest BCUT2D eigenvalue weighted by Crippen LogP contribution is -2.05. The lowest BCUT2D eigenvalue weighted by molar-refractivity contribution is -0.140. The zero-order valence-electron chi connectivity index (χ0n) is 13.6. The summed E-state index contributed by atoms with van der Waals surface area (Å²) in [5.74, 6) is -0.586. The largest absolute Gasteiger partial charge is 0.472 e. The quantitative estimate of drug-likeness (QED) is 0.284. The maximum absolute atomic E-state index is 14.5. The summed E-state index contributed by atoms with van der Waals surface area (Å²) < 4.78 is 60.0. The lowest BCUT2D eigenvalue weighted by atomic mass is 10.1. The van der Waals surface area contributed by atoms with Crippen LogP contribution in [0.15, 0.2) is 30.6 Å². The normalized spacial score (nSPS) is 11.7. The molecule has 2 heterocycles. The minimum Gasteiger partial charge on any atom is -0.472 e. The molecule has 0 aliphatic rings. The van der Waals surface area contributed by atoms with Crippen molar-refractivity contribution in [3.05, 3.63) is 56.5 Å². The van der Waals surface area contributed by atoms with E-state index < -0.39 is 17.7 Å². The van der Waals surface area contributed by atoms with E-state index in [1.165, 1.54) is 31.4 Å². The van der Waals surface area contributed by atoms with Crippen LogP contribution in [0.5, 0.6) is 5.88 Å². The van der Waals surface area contributed by atoms with Gasteiger partial charge in [0.05, 0.1) is 9.13 Å². The van der Waals surface area contributed by atoms with Crippen molar-refractivity contribution < 1.29 is 22.3 Å². The van der Waals surface area contributed by atoms with E-state index in [9.17, 15) is 17.6 Å². The number of hydrogen-bond acceptors (Lipinski definition) is 4. The standard InChI is InChI=1S/C16H10ClF4IN4O/c1-26-6-12(16(19,20)21)24-13(26)9-3-2-8(4-10(9)18)7-27-14-11(22)5-23-15(17)25-14/h2-6H,7H2,1H3. The Hall–Kier alpha value is -1.95. The topological polar surface area (TPSA) is 52.8 Å². The Labute approximate surface area is 169 Å². The van der Waals surface area contributed by atoms with Crippen molar-refractivity contribution in [3.63, 3.8) is 0 Å². The first-order chi connectivity index (χ1) is 12.6. The summed E-state index contributed by atoms with van der Waals surface area (Å²) in [4.78, 5) is 11.2. The fourth-order valence-electron chi connectivity index (χ4n) is 2.27. The lowest BCUT2D eigenvalue weighted by Gasteiger charge is -2.09. The maximum atomic E-state index is 14.5. The molecule has 0 saturated heterocycles. The summed E-state index contributed by atoms with van der Waals surface area (Å²) in [5, 5.41) is 0.0159. The smallest absolute Gasteiger partial charge is 0.434 e. The van der Waals surface area contributed by atoms with Crippen LogP contribution in [0.1, 0.15) is 11.3 Å². The number of rotatable bonds is 4. The Kier molecular flexibility index (Phi) is 5.56. The third-order valence-corrected chi connectivity index (χ3v) is 4.42. The van der Waals surface area contributed by atoms with Gasteiger partial charge < -0.3 is 9.30 Å². The molecule has 0 bridgehead atoms. The average Bonchev–Trinajstić information content (AvgIpc) is 2.98. The van der Waals surface area contributed by atoms with Gasteiger partial charge in [-0.15, -0.1) is 0 Å². The van der Waals surface area contributed by atoms with Gasteiger partial charge in [0.1, 0.15) is 18.2 Å². The summed E-state index contributed by atoms with van der Waals surface area (Å²) in [5.41, 5.74) is -0.662. The van der Waals surface area contributed by atoms with Crippen molar-refractivity contribution in [2.24, 2.45) is 7.05 Å². The molecule has 142 valence electrons. The molecule has 0 aliphatic carbocycles. The van der Waals surface area contributed by atoms with Crippen LogP contribution in [0, 0.1) is 9.39 Å². The Morgan fingerprint density at radius 3 is 2.63 bits per heavy atom. The molecular formula is C16H10ClF4IN4O. The van der Waals surface area contributed by atoms with Gasteiger partial charge in [-0.05, 0) is 51.9 Å². The molecule has 2 aromatic heterocycles. The number of aromatic nitrogens is 4. The van der Waals surface area contributed by atoms with E-state index >= 15 is 0 Å². The number of aryl methyl sites for hydroxylation is 1. The molecule has 0 amide bonds. The van der Waals surface area contributed by atoms with Crippen molar-refractivity contribution in [3.8, 4) is 17.3 Å². The van der Waals surface area contributed by atoms with Gasteiger partial charge in [0.2, 0.25) is 11.2 Å². The number of benzene rings is 1. The summed E-state index contributed by atoms with van der Waals surface area (Å²) >= 11 is 7.67. The molecule has 0 atom stereocenters. The van der Waals surface area contributed by atoms with Gasteiger partial charge in [0.15, 0.2) is 5.69 Å². The van der Waals surface area contributed by atoms with Crippen LogP contribution in [0.25, 0.3) is 11.4 Å². The van der Waals surface area contributed by atoms with Gasteiger partial charge in [-0.1, -0.05) is 6.07 Å². The number of ether oxygens (including phenoxy) is 1. The van der Waals surface area contributed by atoms with E-state index in [2.05, 4.69) is 15.0 Å². The SMILES string of the molecule is Cn1cc(C(F)(F)F)nc1-c1ccc(COc2nc(Cl)ncc2I)cc1F. The molecular weight excluding hydrogens is 503 g/mol. The molecule has 5 nitrogen and oxygen atoms in total. The fourth-order valence-corrected chi connectivity index (χ4v) is 2.81. The van der Waals surface area contributed by atoms with Crippen LogP contribution in [0.2, 0.25) is 5.28 Å². The molecule has 0 unspecified atom stereocenters. The van der Waals surface area contributed by atoms with Crippen molar-refractivity contribution in [1.82, 2.24) is 19.5 Å². The molecule has 27 heavy (non-hydrogen) atoms. The Bertz CT molecular complexity index is 993. The van der Waals surface area contributed by atoms with Crippen LogP contribution in [0.3, 0.4) is 0 Å².